The van der Waals surface area contributed by atoms with Gasteiger partial charge in [0.25, 0.3) is 0 Å². The molecule has 0 aliphatic rings. The van der Waals surface area contributed by atoms with Gasteiger partial charge in [-0.25, -0.2) is 4.79 Å². The number of aromatic amines is 1. The number of nitrogens with one attached hydrogen (secondary N) is 1. The monoisotopic (exact) mass is 187 g/mol. The zero-order valence-electron chi connectivity index (χ0n) is 7.40. The first-order valence-corrected chi connectivity index (χ1v) is 4.25. The second-order valence-electron chi connectivity index (χ2n) is 2.94. The topological polar surface area (TPSA) is 53.1 Å². The summed E-state index contributed by atoms with van der Waals surface area (Å²) in [7, 11) is 0. The van der Waals surface area contributed by atoms with Gasteiger partial charge in [-0.3, -0.25) is 0 Å². The van der Waals surface area contributed by atoms with Crippen LogP contribution in [-0.2, 0) is 0 Å². The lowest BCUT2D eigenvalue weighted by Crippen LogP contribution is -1.98. The maximum Gasteiger partial charge on any atom is 0.352 e. The van der Waals surface area contributed by atoms with Gasteiger partial charge in [0.15, 0.2) is 0 Å². The van der Waals surface area contributed by atoms with Gasteiger partial charge in [0.05, 0.1) is 0 Å². The summed E-state index contributed by atoms with van der Waals surface area (Å²) in [6.45, 7) is 0. The van der Waals surface area contributed by atoms with Crippen molar-refractivity contribution in [2.24, 2.45) is 0 Å². The minimum Gasteiger partial charge on any atom is -0.477 e. The highest BCUT2D eigenvalue weighted by Crippen LogP contribution is 2.22. The molecule has 0 aliphatic heterocycles. The van der Waals surface area contributed by atoms with Gasteiger partial charge in [-0.2, -0.15) is 0 Å². The summed E-state index contributed by atoms with van der Waals surface area (Å²) in [4.78, 5) is 13.5. The molecule has 2 rings (SSSR count). The Hall–Kier alpha value is -2.03. The Morgan fingerprint density at radius 2 is 1.86 bits per heavy atom. The Labute approximate surface area is 81.0 Å². The minimum atomic E-state index is -0.936. The van der Waals surface area contributed by atoms with Crippen LogP contribution in [0.2, 0.25) is 0 Å². The third kappa shape index (κ3) is 1.40. The summed E-state index contributed by atoms with van der Waals surface area (Å²) in [5.74, 6) is -0.936. The standard InChI is InChI=1S/C11H9NO2/c13-11(14)10-9(6-7-12-10)8-4-2-1-3-5-8/h1-7,12H,(H,13,14). The molecule has 1 aromatic heterocycles. The summed E-state index contributed by atoms with van der Waals surface area (Å²) in [6.07, 6.45) is 1.63. The van der Waals surface area contributed by atoms with E-state index in [4.69, 9.17) is 5.11 Å². The Bertz CT molecular complexity index is 445. The second-order valence-corrected chi connectivity index (χ2v) is 2.94. The van der Waals surface area contributed by atoms with E-state index in [9.17, 15) is 4.79 Å². The summed E-state index contributed by atoms with van der Waals surface area (Å²) >= 11 is 0. The van der Waals surface area contributed by atoms with Crippen molar-refractivity contribution in [1.29, 1.82) is 0 Å². The zero-order valence-corrected chi connectivity index (χ0v) is 7.40. The molecule has 0 bridgehead atoms. The van der Waals surface area contributed by atoms with Crippen molar-refractivity contribution in [2.75, 3.05) is 0 Å². The largest absolute Gasteiger partial charge is 0.477 e. The molecule has 0 unspecified atom stereocenters. The molecule has 14 heavy (non-hydrogen) atoms. The van der Waals surface area contributed by atoms with Gasteiger partial charge in [0.1, 0.15) is 5.69 Å². The number of carbonyl (C=O) groups is 1. The SMILES string of the molecule is O=C(O)c1[nH]ccc1-c1ccccc1. The summed E-state index contributed by atoms with van der Waals surface area (Å²) in [5.41, 5.74) is 1.86. The van der Waals surface area contributed by atoms with Crippen LogP contribution in [0.3, 0.4) is 0 Å². The molecule has 0 amide bonds. The molecule has 1 heterocycles. The van der Waals surface area contributed by atoms with Gasteiger partial charge in [-0.1, -0.05) is 30.3 Å². The number of carboxylic acid groups (broad SMARTS) is 1. The van der Waals surface area contributed by atoms with E-state index < -0.39 is 5.97 Å². The predicted octanol–water partition coefficient (Wildman–Crippen LogP) is 2.38. The summed E-state index contributed by atoms with van der Waals surface area (Å²) in [6, 6.07) is 11.2. The van der Waals surface area contributed by atoms with Gasteiger partial charge in [-0.15, -0.1) is 0 Å². The van der Waals surface area contributed by atoms with Crippen molar-refractivity contribution < 1.29 is 9.90 Å². The zero-order chi connectivity index (χ0) is 9.97. The first-order chi connectivity index (χ1) is 6.79. The number of benzene rings is 1. The first-order valence-electron chi connectivity index (χ1n) is 4.25. The van der Waals surface area contributed by atoms with Crippen LogP contribution in [0.5, 0.6) is 0 Å². The highest BCUT2D eigenvalue weighted by atomic mass is 16.4. The van der Waals surface area contributed by atoms with E-state index in [1.165, 1.54) is 0 Å². The Morgan fingerprint density at radius 1 is 1.14 bits per heavy atom. The van der Waals surface area contributed by atoms with Gasteiger partial charge in [0, 0.05) is 11.8 Å². The number of carboxylic acids is 1. The summed E-state index contributed by atoms with van der Waals surface area (Å²) < 4.78 is 0. The van der Waals surface area contributed by atoms with E-state index in [2.05, 4.69) is 4.98 Å². The molecule has 2 aromatic rings. The average molecular weight is 187 g/mol. The Balaban J connectivity index is 2.52. The molecule has 3 nitrogen and oxygen atoms in total. The molecule has 0 saturated carbocycles. The minimum absolute atomic E-state index is 0.233. The fraction of sp³-hybridized carbons (Fsp3) is 0. The molecule has 0 radical (unpaired) electrons. The molecule has 0 atom stereocenters. The fourth-order valence-electron chi connectivity index (χ4n) is 1.40. The van der Waals surface area contributed by atoms with Crippen molar-refractivity contribution in [3.8, 4) is 11.1 Å². The van der Waals surface area contributed by atoms with E-state index in [1.54, 1.807) is 12.3 Å². The van der Waals surface area contributed by atoms with Crippen molar-refractivity contribution in [3.63, 3.8) is 0 Å². The molecular formula is C11H9NO2. The van der Waals surface area contributed by atoms with Crippen LogP contribution in [0.1, 0.15) is 10.5 Å². The van der Waals surface area contributed by atoms with Gasteiger partial charge in [-0.05, 0) is 11.6 Å². The number of aromatic nitrogens is 1. The fourth-order valence-corrected chi connectivity index (χ4v) is 1.40. The number of H-pyrrole nitrogens is 1. The molecule has 3 heteroatoms. The lowest BCUT2D eigenvalue weighted by molar-refractivity contribution is 0.0692. The third-order valence-electron chi connectivity index (χ3n) is 2.05. The normalized spacial score (nSPS) is 10.0. The lowest BCUT2D eigenvalue weighted by Gasteiger charge is -1.99. The predicted molar refractivity (Wildman–Crippen MR) is 53.2 cm³/mol. The molecule has 0 saturated heterocycles. The summed E-state index contributed by atoms with van der Waals surface area (Å²) in [5, 5.41) is 8.88. The first kappa shape index (κ1) is 8.56. The van der Waals surface area contributed by atoms with Crippen molar-refractivity contribution in [3.05, 3.63) is 48.3 Å². The molecular weight excluding hydrogens is 178 g/mol. The molecule has 2 N–H and O–H groups in total. The van der Waals surface area contributed by atoms with Crippen LogP contribution in [-0.4, -0.2) is 16.1 Å². The maximum absolute atomic E-state index is 10.8. The highest BCUT2D eigenvalue weighted by molar-refractivity contribution is 5.94. The van der Waals surface area contributed by atoms with E-state index in [0.717, 1.165) is 11.1 Å². The maximum atomic E-state index is 10.8. The Kier molecular flexibility index (Phi) is 2.07. The second kappa shape index (κ2) is 3.38. The lowest BCUT2D eigenvalue weighted by atomic mass is 10.1. The van der Waals surface area contributed by atoms with Crippen molar-refractivity contribution in [2.45, 2.75) is 0 Å². The smallest absolute Gasteiger partial charge is 0.352 e. The molecule has 0 fully saturated rings. The van der Waals surface area contributed by atoms with Gasteiger partial charge in [0.2, 0.25) is 0 Å². The Morgan fingerprint density at radius 3 is 2.50 bits per heavy atom. The van der Waals surface area contributed by atoms with E-state index >= 15 is 0 Å². The van der Waals surface area contributed by atoms with Crippen LogP contribution in [0, 0.1) is 0 Å². The number of hydrogen-bond acceptors (Lipinski definition) is 1. The van der Waals surface area contributed by atoms with Gasteiger partial charge >= 0.3 is 5.97 Å². The highest BCUT2D eigenvalue weighted by Gasteiger charge is 2.11. The number of aromatic carboxylic acids is 1. The molecule has 70 valence electrons. The van der Waals surface area contributed by atoms with Crippen molar-refractivity contribution in [1.82, 2.24) is 4.98 Å². The van der Waals surface area contributed by atoms with Crippen LogP contribution in [0.15, 0.2) is 42.6 Å². The van der Waals surface area contributed by atoms with Gasteiger partial charge < -0.3 is 10.1 Å². The van der Waals surface area contributed by atoms with E-state index in [0.29, 0.717) is 0 Å². The number of hydrogen-bond donors (Lipinski definition) is 2. The van der Waals surface area contributed by atoms with Crippen LogP contribution in [0.4, 0.5) is 0 Å². The third-order valence-corrected chi connectivity index (χ3v) is 2.05. The van der Waals surface area contributed by atoms with E-state index in [-0.39, 0.29) is 5.69 Å². The molecule has 0 spiro atoms. The van der Waals surface area contributed by atoms with Crippen LogP contribution >= 0.6 is 0 Å². The molecule has 1 aromatic carbocycles. The average Bonchev–Trinajstić information content (AvgIpc) is 2.67. The quantitative estimate of drug-likeness (QED) is 0.758. The van der Waals surface area contributed by atoms with E-state index in [1.807, 2.05) is 30.3 Å². The van der Waals surface area contributed by atoms with Crippen molar-refractivity contribution >= 4 is 5.97 Å². The molecule has 0 aliphatic carbocycles. The van der Waals surface area contributed by atoms with Crippen LogP contribution in [0.25, 0.3) is 11.1 Å². The van der Waals surface area contributed by atoms with Crippen LogP contribution < -0.4 is 0 Å². The number of rotatable bonds is 2.